The van der Waals surface area contributed by atoms with E-state index in [2.05, 4.69) is 15.0 Å². The Kier molecular flexibility index (Phi) is 2.80. The van der Waals surface area contributed by atoms with Crippen molar-refractivity contribution in [2.75, 3.05) is 5.73 Å². The van der Waals surface area contributed by atoms with E-state index in [0.717, 1.165) is 11.8 Å². The second-order valence-electron chi connectivity index (χ2n) is 3.02. The molecule has 86 valence electrons. The van der Waals surface area contributed by atoms with E-state index < -0.39 is 5.97 Å². The zero-order chi connectivity index (χ0) is 12.4. The first-order valence-electron chi connectivity index (χ1n) is 4.38. The van der Waals surface area contributed by atoms with E-state index >= 15 is 0 Å². The van der Waals surface area contributed by atoms with Gasteiger partial charge in [-0.05, 0) is 0 Å². The van der Waals surface area contributed by atoms with Gasteiger partial charge in [0.1, 0.15) is 22.5 Å². The fraction of sp³-hybridized carbons (Fsp3) is 0.125. The molecule has 0 saturated carbocycles. The summed E-state index contributed by atoms with van der Waals surface area (Å²) in [6.45, 7) is -0.274. The largest absolute Gasteiger partial charge is 0.480 e. The van der Waals surface area contributed by atoms with Crippen molar-refractivity contribution in [3.05, 3.63) is 6.33 Å². The van der Waals surface area contributed by atoms with Crippen LogP contribution in [0.15, 0.2) is 11.4 Å². The number of nitriles is 1. The Bertz CT molecular complexity index is 631. The van der Waals surface area contributed by atoms with Crippen LogP contribution < -0.4 is 5.73 Å². The number of anilines is 1. The van der Waals surface area contributed by atoms with Crippen LogP contribution in [-0.4, -0.2) is 30.6 Å². The first kappa shape index (κ1) is 11.2. The normalized spacial score (nSPS) is 10.3. The summed E-state index contributed by atoms with van der Waals surface area (Å²) in [5.41, 5.74) is 6.15. The summed E-state index contributed by atoms with van der Waals surface area (Å²) in [4.78, 5) is 22.4. The Balaban J connectivity index is 2.61. The molecule has 0 amide bonds. The number of imidazole rings is 1. The molecule has 0 aliphatic carbocycles. The molecule has 2 aromatic heterocycles. The quantitative estimate of drug-likeness (QED) is 0.444. The van der Waals surface area contributed by atoms with Crippen molar-refractivity contribution < 1.29 is 9.90 Å². The highest BCUT2D eigenvalue weighted by Gasteiger charge is 2.13. The molecule has 3 N–H and O–H groups in total. The topological polar surface area (TPSA) is 131 Å². The molecular weight excluding hydrogens is 244 g/mol. The summed E-state index contributed by atoms with van der Waals surface area (Å²) in [7, 11) is 0. The number of fused-ring (bicyclic) bond motifs is 1. The average Bonchev–Trinajstić information content (AvgIpc) is 2.61. The van der Waals surface area contributed by atoms with Crippen LogP contribution in [0.3, 0.4) is 0 Å². The minimum atomic E-state index is -1.02. The van der Waals surface area contributed by atoms with Crippen molar-refractivity contribution in [1.29, 1.82) is 5.26 Å². The van der Waals surface area contributed by atoms with Crippen LogP contribution in [0.25, 0.3) is 11.2 Å². The van der Waals surface area contributed by atoms with Crippen molar-refractivity contribution in [2.24, 2.45) is 0 Å². The fourth-order valence-electron chi connectivity index (χ4n) is 1.31. The number of aromatic nitrogens is 4. The van der Waals surface area contributed by atoms with Gasteiger partial charge in [0, 0.05) is 11.8 Å². The van der Waals surface area contributed by atoms with Crippen LogP contribution in [0, 0.1) is 10.7 Å². The van der Waals surface area contributed by atoms with Crippen molar-refractivity contribution in [3.63, 3.8) is 0 Å². The van der Waals surface area contributed by atoms with Crippen molar-refractivity contribution in [1.82, 2.24) is 19.5 Å². The molecule has 0 fully saturated rings. The van der Waals surface area contributed by atoms with Gasteiger partial charge in [0.05, 0.1) is 6.33 Å². The van der Waals surface area contributed by atoms with Gasteiger partial charge in [-0.1, -0.05) is 0 Å². The fourth-order valence-corrected chi connectivity index (χ4v) is 1.78. The number of nitrogen functional groups attached to an aromatic ring is 1. The van der Waals surface area contributed by atoms with E-state index in [4.69, 9.17) is 16.1 Å². The first-order valence-corrected chi connectivity index (χ1v) is 5.19. The smallest absolute Gasteiger partial charge is 0.323 e. The van der Waals surface area contributed by atoms with E-state index in [0.29, 0.717) is 16.2 Å². The highest BCUT2D eigenvalue weighted by atomic mass is 32.2. The number of carboxylic acids is 1. The summed E-state index contributed by atoms with van der Waals surface area (Å²) in [5.74, 6) is -1.04. The number of thioether (sulfide) groups is 1. The predicted molar refractivity (Wildman–Crippen MR) is 58.8 cm³/mol. The molecule has 0 aliphatic rings. The molecule has 8 nitrogen and oxygen atoms in total. The van der Waals surface area contributed by atoms with Gasteiger partial charge in [0.25, 0.3) is 0 Å². The summed E-state index contributed by atoms with van der Waals surface area (Å²) >= 11 is 0.802. The second-order valence-corrected chi connectivity index (χ2v) is 3.79. The summed E-state index contributed by atoms with van der Waals surface area (Å²) in [5, 5.41) is 19.5. The summed E-state index contributed by atoms with van der Waals surface area (Å²) < 4.78 is 1.33. The molecule has 0 bridgehead atoms. The van der Waals surface area contributed by atoms with Crippen LogP contribution in [0.4, 0.5) is 5.95 Å². The molecule has 0 atom stereocenters. The molecule has 9 heteroatoms. The lowest BCUT2D eigenvalue weighted by molar-refractivity contribution is -0.137. The van der Waals surface area contributed by atoms with Crippen LogP contribution >= 0.6 is 11.8 Å². The Morgan fingerprint density at radius 2 is 2.41 bits per heavy atom. The number of rotatable bonds is 3. The number of carbonyl (C=O) groups is 1. The van der Waals surface area contributed by atoms with Gasteiger partial charge in [-0.25, -0.2) is 9.97 Å². The highest BCUT2D eigenvalue weighted by molar-refractivity contribution is 8.03. The molecule has 2 heterocycles. The molecule has 17 heavy (non-hydrogen) atoms. The lowest BCUT2D eigenvalue weighted by Crippen LogP contribution is -2.09. The molecule has 0 radical (unpaired) electrons. The molecule has 0 saturated heterocycles. The van der Waals surface area contributed by atoms with E-state index in [1.165, 1.54) is 10.9 Å². The lowest BCUT2D eigenvalue weighted by Gasteiger charge is -2.01. The Morgan fingerprint density at radius 1 is 1.65 bits per heavy atom. The average molecular weight is 250 g/mol. The monoisotopic (exact) mass is 250 g/mol. The standard InChI is InChI=1S/C8H6N6O2S/c9-2-17-7-5-6(12-8(10)13-7)14(3-11-5)1-4(15)16/h3H,1H2,(H,15,16)(H2,10,12,13). The summed E-state index contributed by atoms with van der Waals surface area (Å²) in [6, 6.07) is 0. The molecule has 0 aliphatic heterocycles. The van der Waals surface area contributed by atoms with Crippen LogP contribution in [-0.2, 0) is 11.3 Å². The van der Waals surface area contributed by atoms with Crippen LogP contribution in [0.5, 0.6) is 0 Å². The van der Waals surface area contributed by atoms with Crippen molar-refractivity contribution in [3.8, 4) is 5.40 Å². The Labute approximate surface area is 99.1 Å². The zero-order valence-corrected chi connectivity index (χ0v) is 9.18. The minimum absolute atomic E-state index is 0.0256. The van der Waals surface area contributed by atoms with E-state index in [-0.39, 0.29) is 12.5 Å². The Hall–Kier alpha value is -2.34. The summed E-state index contributed by atoms with van der Waals surface area (Å²) in [6.07, 6.45) is 1.33. The van der Waals surface area contributed by atoms with E-state index in [1.54, 1.807) is 0 Å². The van der Waals surface area contributed by atoms with Gasteiger partial charge in [0.15, 0.2) is 5.65 Å². The predicted octanol–water partition coefficient (Wildman–Crippen LogP) is 0.0663. The molecular formula is C8H6N6O2S. The first-order chi connectivity index (χ1) is 8.11. The van der Waals surface area contributed by atoms with E-state index in [9.17, 15) is 4.79 Å². The molecule has 0 aromatic carbocycles. The van der Waals surface area contributed by atoms with Crippen molar-refractivity contribution in [2.45, 2.75) is 11.6 Å². The number of nitrogens with zero attached hydrogens (tertiary/aromatic N) is 5. The maximum atomic E-state index is 10.6. The lowest BCUT2D eigenvalue weighted by atomic mass is 10.5. The molecule has 0 spiro atoms. The SMILES string of the molecule is N#CSc1nc(N)nc2c1ncn2CC(=O)O. The number of hydrogen-bond donors (Lipinski definition) is 2. The number of hydrogen-bond acceptors (Lipinski definition) is 7. The third kappa shape index (κ3) is 2.11. The van der Waals surface area contributed by atoms with Gasteiger partial charge < -0.3 is 15.4 Å². The number of carboxylic acid groups (broad SMARTS) is 1. The second kappa shape index (κ2) is 4.26. The maximum Gasteiger partial charge on any atom is 0.323 e. The third-order valence-corrected chi connectivity index (χ3v) is 2.47. The van der Waals surface area contributed by atoms with Gasteiger partial charge >= 0.3 is 5.97 Å². The number of nitrogens with two attached hydrogens (primary N) is 1. The van der Waals surface area contributed by atoms with Gasteiger partial charge in [-0.2, -0.15) is 10.2 Å². The minimum Gasteiger partial charge on any atom is -0.480 e. The zero-order valence-electron chi connectivity index (χ0n) is 8.36. The van der Waals surface area contributed by atoms with Crippen LogP contribution in [0.1, 0.15) is 0 Å². The maximum absolute atomic E-state index is 10.6. The van der Waals surface area contributed by atoms with Crippen LogP contribution in [0.2, 0.25) is 0 Å². The molecule has 2 aromatic rings. The number of aliphatic carboxylic acids is 1. The van der Waals surface area contributed by atoms with E-state index in [1.807, 2.05) is 5.40 Å². The molecule has 0 unspecified atom stereocenters. The van der Waals surface area contributed by atoms with Gasteiger partial charge in [0.2, 0.25) is 5.95 Å². The number of thiocyanates is 1. The van der Waals surface area contributed by atoms with Gasteiger partial charge in [-0.15, -0.1) is 0 Å². The van der Waals surface area contributed by atoms with Crippen molar-refractivity contribution >= 4 is 34.8 Å². The Morgan fingerprint density at radius 3 is 3.06 bits per heavy atom. The third-order valence-electron chi connectivity index (χ3n) is 1.90. The highest BCUT2D eigenvalue weighted by Crippen LogP contribution is 2.23. The van der Waals surface area contributed by atoms with Gasteiger partial charge in [-0.3, -0.25) is 4.79 Å². The molecule has 2 rings (SSSR count).